The number of hydrogen-bond acceptors (Lipinski definition) is 4. The normalized spacial score (nSPS) is 12.1. The van der Waals surface area contributed by atoms with Gasteiger partial charge < -0.3 is 10.1 Å². The van der Waals surface area contributed by atoms with Gasteiger partial charge in [0.15, 0.2) is 0 Å². The first-order valence-corrected chi connectivity index (χ1v) is 9.08. The molecule has 4 nitrogen and oxygen atoms in total. The largest absolute Gasteiger partial charge is 0.493 e. The van der Waals surface area contributed by atoms with E-state index in [1.807, 2.05) is 6.07 Å². The number of thioether (sulfide) groups is 1. The van der Waals surface area contributed by atoms with Crippen molar-refractivity contribution in [3.8, 4) is 11.8 Å². The molecule has 1 N–H and O–H groups in total. The average molecular weight is 394 g/mol. The molecule has 27 heavy (non-hydrogen) atoms. The predicted octanol–water partition coefficient (Wildman–Crippen LogP) is 4.72. The molecule has 2 aromatic rings. The molecule has 0 aliphatic rings. The van der Waals surface area contributed by atoms with E-state index >= 15 is 0 Å². The van der Waals surface area contributed by atoms with Crippen LogP contribution in [0, 0.1) is 11.3 Å². The quantitative estimate of drug-likeness (QED) is 0.691. The maximum absolute atomic E-state index is 13.0. The first-order valence-electron chi connectivity index (χ1n) is 8.03. The lowest BCUT2D eigenvalue weighted by Crippen LogP contribution is -2.25. The van der Waals surface area contributed by atoms with Gasteiger partial charge in [0.25, 0.3) is 0 Å². The first-order chi connectivity index (χ1) is 12.8. The van der Waals surface area contributed by atoms with Gasteiger partial charge >= 0.3 is 6.18 Å². The van der Waals surface area contributed by atoms with Crippen LogP contribution in [0.1, 0.15) is 18.1 Å². The Morgan fingerprint density at radius 1 is 1.22 bits per heavy atom. The Kier molecular flexibility index (Phi) is 7.13. The highest BCUT2D eigenvalue weighted by Crippen LogP contribution is 2.34. The number of anilines is 1. The van der Waals surface area contributed by atoms with Crippen molar-refractivity contribution in [2.24, 2.45) is 0 Å². The summed E-state index contributed by atoms with van der Waals surface area (Å²) < 4.78 is 44.4. The average Bonchev–Trinajstić information content (AvgIpc) is 2.65. The summed E-state index contributed by atoms with van der Waals surface area (Å²) in [7, 11) is 0. The van der Waals surface area contributed by atoms with Gasteiger partial charge in [0, 0.05) is 5.75 Å². The molecule has 0 saturated carbocycles. The third-order valence-corrected chi connectivity index (χ3v) is 4.68. The van der Waals surface area contributed by atoms with Gasteiger partial charge in [-0.05, 0) is 43.3 Å². The van der Waals surface area contributed by atoms with Crippen molar-refractivity contribution in [1.82, 2.24) is 0 Å². The van der Waals surface area contributed by atoms with Crippen molar-refractivity contribution in [3.63, 3.8) is 0 Å². The van der Waals surface area contributed by atoms with Crippen LogP contribution in [0.2, 0.25) is 0 Å². The topological polar surface area (TPSA) is 62.1 Å². The number of rotatable bonds is 7. The second-order valence-electron chi connectivity index (χ2n) is 5.53. The summed E-state index contributed by atoms with van der Waals surface area (Å²) in [5.74, 6) is 0.580. The van der Waals surface area contributed by atoms with Crippen LogP contribution in [-0.4, -0.2) is 23.5 Å². The lowest BCUT2D eigenvalue weighted by atomic mass is 10.1. The van der Waals surface area contributed by atoms with E-state index in [2.05, 4.69) is 5.32 Å². The molecule has 8 heteroatoms. The number of amides is 1. The molecule has 0 spiro atoms. The van der Waals surface area contributed by atoms with Gasteiger partial charge in [-0.15, -0.1) is 11.8 Å². The van der Waals surface area contributed by atoms with Gasteiger partial charge in [-0.1, -0.05) is 12.1 Å². The summed E-state index contributed by atoms with van der Waals surface area (Å²) in [5.41, 5.74) is -0.600. The van der Waals surface area contributed by atoms with Crippen LogP contribution in [-0.2, 0) is 11.0 Å². The minimum Gasteiger partial charge on any atom is -0.493 e. The predicted molar refractivity (Wildman–Crippen MR) is 98.6 cm³/mol. The van der Waals surface area contributed by atoms with Crippen LogP contribution < -0.4 is 10.1 Å². The molecule has 0 heterocycles. The van der Waals surface area contributed by atoms with Crippen molar-refractivity contribution >= 4 is 23.4 Å². The molecular weight excluding hydrogens is 377 g/mol. The fraction of sp³-hybridized carbons (Fsp3) is 0.263. The molecule has 0 unspecified atom stereocenters. The Labute approximate surface area is 159 Å². The van der Waals surface area contributed by atoms with Gasteiger partial charge in [0.1, 0.15) is 5.75 Å². The monoisotopic (exact) mass is 394 g/mol. The Morgan fingerprint density at radius 3 is 2.52 bits per heavy atom. The van der Waals surface area contributed by atoms with Crippen molar-refractivity contribution < 1.29 is 22.7 Å². The summed E-state index contributed by atoms with van der Waals surface area (Å²) in [6, 6.07) is 13.5. The van der Waals surface area contributed by atoms with Crippen molar-refractivity contribution in [2.45, 2.75) is 18.3 Å². The number of carbonyl (C=O) groups excluding carboxylic acids is 1. The Balaban J connectivity index is 1.81. The fourth-order valence-corrected chi connectivity index (χ4v) is 2.90. The summed E-state index contributed by atoms with van der Waals surface area (Å²) >= 11 is 1.27. The number of para-hydroxylation sites is 1. The van der Waals surface area contributed by atoms with Crippen molar-refractivity contribution in [3.05, 3.63) is 59.7 Å². The molecule has 142 valence electrons. The smallest absolute Gasteiger partial charge is 0.418 e. The molecular formula is C19H17F3N2O2S. The standard InChI is InChI=1S/C19H17F3N2O2S/c1-13(27-11-10-26-15-8-6-14(12-23)7-9-15)18(25)24-17-5-3-2-4-16(17)19(20,21)22/h2-9,13H,10-11H2,1H3,(H,24,25)/t13-/m1/s1. The number of alkyl halides is 3. The van der Waals surface area contributed by atoms with Gasteiger partial charge in [0.2, 0.25) is 5.91 Å². The highest BCUT2D eigenvalue weighted by atomic mass is 32.2. The highest BCUT2D eigenvalue weighted by molar-refractivity contribution is 8.00. The number of nitrogens with one attached hydrogen (secondary N) is 1. The molecule has 0 radical (unpaired) electrons. The van der Waals surface area contributed by atoms with E-state index in [4.69, 9.17) is 10.00 Å². The fourth-order valence-electron chi connectivity index (χ4n) is 2.16. The molecule has 1 amide bonds. The van der Waals surface area contributed by atoms with Gasteiger partial charge in [0.05, 0.1) is 34.7 Å². The van der Waals surface area contributed by atoms with E-state index in [-0.39, 0.29) is 5.69 Å². The third-order valence-electron chi connectivity index (χ3n) is 3.56. The van der Waals surface area contributed by atoms with E-state index in [9.17, 15) is 18.0 Å². The number of benzene rings is 2. The molecule has 2 rings (SSSR count). The number of nitriles is 1. The van der Waals surface area contributed by atoms with E-state index in [1.165, 1.54) is 30.0 Å². The van der Waals surface area contributed by atoms with E-state index in [0.29, 0.717) is 23.7 Å². The molecule has 0 fully saturated rings. The van der Waals surface area contributed by atoms with Crippen LogP contribution in [0.5, 0.6) is 5.75 Å². The Morgan fingerprint density at radius 2 is 1.89 bits per heavy atom. The van der Waals surface area contributed by atoms with E-state index < -0.39 is 22.9 Å². The van der Waals surface area contributed by atoms with Crippen LogP contribution >= 0.6 is 11.8 Å². The first kappa shape index (κ1) is 20.6. The van der Waals surface area contributed by atoms with Crippen LogP contribution in [0.15, 0.2) is 48.5 Å². The molecule has 0 bridgehead atoms. The SMILES string of the molecule is C[C@@H](SCCOc1ccc(C#N)cc1)C(=O)Nc1ccccc1C(F)(F)F. The second kappa shape index (κ2) is 9.33. The van der Waals surface area contributed by atoms with Gasteiger partial charge in [-0.25, -0.2) is 0 Å². The van der Waals surface area contributed by atoms with E-state index in [1.54, 1.807) is 31.2 Å². The van der Waals surface area contributed by atoms with Crippen LogP contribution in [0.4, 0.5) is 18.9 Å². The molecule has 0 saturated heterocycles. The highest BCUT2D eigenvalue weighted by Gasteiger charge is 2.33. The van der Waals surface area contributed by atoms with Crippen molar-refractivity contribution in [1.29, 1.82) is 5.26 Å². The zero-order chi connectivity index (χ0) is 19.9. The maximum atomic E-state index is 13.0. The Bertz CT molecular complexity index is 817. The van der Waals surface area contributed by atoms with Gasteiger partial charge in [-0.2, -0.15) is 18.4 Å². The second-order valence-corrected chi connectivity index (χ2v) is 6.98. The minimum atomic E-state index is -4.53. The number of carbonyl (C=O) groups is 1. The maximum Gasteiger partial charge on any atom is 0.418 e. The zero-order valence-corrected chi connectivity index (χ0v) is 15.2. The summed E-state index contributed by atoms with van der Waals surface area (Å²) in [6.45, 7) is 1.95. The number of halogens is 3. The third kappa shape index (κ3) is 6.22. The molecule has 0 aliphatic heterocycles. The van der Waals surface area contributed by atoms with Crippen molar-refractivity contribution in [2.75, 3.05) is 17.7 Å². The minimum absolute atomic E-state index is 0.253. The lowest BCUT2D eigenvalue weighted by Gasteiger charge is -2.16. The molecule has 2 aromatic carbocycles. The Hall–Kier alpha value is -2.66. The summed E-state index contributed by atoms with van der Waals surface area (Å²) in [4.78, 5) is 12.2. The zero-order valence-electron chi connectivity index (χ0n) is 14.4. The lowest BCUT2D eigenvalue weighted by molar-refractivity contribution is -0.137. The van der Waals surface area contributed by atoms with Crippen LogP contribution in [0.3, 0.4) is 0 Å². The van der Waals surface area contributed by atoms with Crippen LogP contribution in [0.25, 0.3) is 0 Å². The number of hydrogen-bond donors (Lipinski definition) is 1. The van der Waals surface area contributed by atoms with Gasteiger partial charge in [-0.3, -0.25) is 4.79 Å². The summed E-state index contributed by atoms with van der Waals surface area (Å²) in [6.07, 6.45) is -4.53. The number of ether oxygens (including phenoxy) is 1. The number of nitrogens with zero attached hydrogens (tertiary/aromatic N) is 1. The summed E-state index contributed by atoms with van der Waals surface area (Å²) in [5, 5.41) is 10.5. The van der Waals surface area contributed by atoms with E-state index in [0.717, 1.165) is 6.07 Å². The molecule has 0 aliphatic carbocycles. The molecule has 0 aromatic heterocycles. The molecule has 1 atom stereocenters.